The van der Waals surface area contributed by atoms with Crippen molar-refractivity contribution in [1.82, 2.24) is 10.3 Å². The molecule has 0 radical (unpaired) electrons. The number of pyridine rings is 1. The number of amides is 1. The molecule has 0 aliphatic carbocycles. The molecule has 1 amide bonds. The van der Waals surface area contributed by atoms with Gasteiger partial charge in [-0.1, -0.05) is 13.0 Å². The van der Waals surface area contributed by atoms with Crippen molar-refractivity contribution in [3.63, 3.8) is 0 Å². The van der Waals surface area contributed by atoms with Crippen molar-refractivity contribution >= 4 is 5.91 Å². The average Bonchev–Trinajstić information content (AvgIpc) is 2.35. The molecule has 1 aromatic heterocycles. The third-order valence-electron chi connectivity index (χ3n) is 2.66. The summed E-state index contributed by atoms with van der Waals surface area (Å²) in [6.07, 6.45) is 3.40. The summed E-state index contributed by atoms with van der Waals surface area (Å²) in [6.45, 7) is 5.05. The van der Waals surface area contributed by atoms with Gasteiger partial charge in [-0.3, -0.25) is 9.78 Å². The average molecular weight is 235 g/mol. The summed E-state index contributed by atoms with van der Waals surface area (Å²) in [5.74, 6) is -0.124. The molecule has 0 aliphatic rings. The van der Waals surface area contributed by atoms with Crippen molar-refractivity contribution in [2.75, 3.05) is 13.1 Å². The van der Waals surface area contributed by atoms with E-state index in [0.717, 1.165) is 17.7 Å². The van der Waals surface area contributed by atoms with Crippen LogP contribution in [0.25, 0.3) is 0 Å². The first kappa shape index (κ1) is 13.6. The van der Waals surface area contributed by atoms with Gasteiger partial charge in [0.05, 0.1) is 5.92 Å². The molecular weight excluding hydrogens is 214 g/mol. The summed E-state index contributed by atoms with van der Waals surface area (Å²) in [5, 5.41) is 2.88. The Morgan fingerprint density at radius 3 is 2.82 bits per heavy atom. The van der Waals surface area contributed by atoms with Crippen LogP contribution >= 0.6 is 0 Å². The van der Waals surface area contributed by atoms with E-state index in [2.05, 4.69) is 10.3 Å². The van der Waals surface area contributed by atoms with Crippen LogP contribution in [0.1, 0.15) is 24.6 Å². The molecule has 4 heteroatoms. The zero-order chi connectivity index (χ0) is 12.7. The highest BCUT2D eigenvalue weighted by molar-refractivity contribution is 5.79. The lowest BCUT2D eigenvalue weighted by Gasteiger charge is -2.14. The smallest absolute Gasteiger partial charge is 0.224 e. The molecule has 1 aromatic rings. The molecule has 1 atom stereocenters. The van der Waals surface area contributed by atoms with Gasteiger partial charge in [0.1, 0.15) is 0 Å². The molecule has 4 nitrogen and oxygen atoms in total. The Morgan fingerprint density at radius 2 is 2.29 bits per heavy atom. The van der Waals surface area contributed by atoms with Gasteiger partial charge < -0.3 is 11.1 Å². The normalized spacial score (nSPS) is 12.2. The van der Waals surface area contributed by atoms with Crippen LogP contribution in [0, 0.1) is 12.8 Å². The quantitative estimate of drug-likeness (QED) is 0.774. The summed E-state index contributed by atoms with van der Waals surface area (Å²) in [6, 6.07) is 3.95. The monoisotopic (exact) mass is 235 g/mol. The fourth-order valence-corrected chi connectivity index (χ4v) is 1.58. The first-order valence-electron chi connectivity index (χ1n) is 6.06. The molecule has 1 rings (SSSR count). The first-order chi connectivity index (χ1) is 8.17. The number of aromatic nitrogens is 1. The van der Waals surface area contributed by atoms with E-state index in [9.17, 15) is 4.79 Å². The lowest BCUT2D eigenvalue weighted by molar-refractivity contribution is -0.124. The van der Waals surface area contributed by atoms with Gasteiger partial charge in [0.15, 0.2) is 0 Å². The van der Waals surface area contributed by atoms with Crippen LogP contribution in [-0.2, 0) is 11.2 Å². The van der Waals surface area contributed by atoms with E-state index >= 15 is 0 Å². The summed E-state index contributed by atoms with van der Waals surface area (Å²) in [5.41, 5.74) is 7.68. The Kier molecular flexibility index (Phi) is 5.63. The van der Waals surface area contributed by atoms with Crippen molar-refractivity contribution in [2.24, 2.45) is 11.7 Å². The Labute approximate surface area is 103 Å². The van der Waals surface area contributed by atoms with Gasteiger partial charge in [0.25, 0.3) is 0 Å². The van der Waals surface area contributed by atoms with E-state index in [1.807, 2.05) is 32.2 Å². The maximum atomic E-state index is 11.8. The molecule has 0 saturated carbocycles. The van der Waals surface area contributed by atoms with Gasteiger partial charge >= 0.3 is 0 Å². The minimum absolute atomic E-state index is 0.0370. The summed E-state index contributed by atoms with van der Waals surface area (Å²) in [7, 11) is 0. The molecule has 1 heterocycles. The zero-order valence-electron chi connectivity index (χ0n) is 10.6. The van der Waals surface area contributed by atoms with Gasteiger partial charge in [-0.25, -0.2) is 0 Å². The number of hydrogen-bond acceptors (Lipinski definition) is 3. The molecule has 0 bridgehead atoms. The highest BCUT2D eigenvalue weighted by Crippen LogP contribution is 2.08. The lowest BCUT2D eigenvalue weighted by Crippen LogP contribution is -2.36. The highest BCUT2D eigenvalue weighted by Gasteiger charge is 2.16. The van der Waals surface area contributed by atoms with Gasteiger partial charge in [-0.05, 0) is 31.4 Å². The Bertz CT molecular complexity index is 348. The SMILES string of the molecule is CCCNC(=O)C(CN)Cc1ccc(C)nc1. The lowest BCUT2D eigenvalue weighted by atomic mass is 9.99. The Hall–Kier alpha value is -1.42. The summed E-state index contributed by atoms with van der Waals surface area (Å²) in [4.78, 5) is 16.0. The molecule has 0 saturated heterocycles. The number of nitrogens with two attached hydrogens (primary N) is 1. The van der Waals surface area contributed by atoms with Crippen LogP contribution in [0.3, 0.4) is 0 Å². The number of aryl methyl sites for hydroxylation is 1. The zero-order valence-corrected chi connectivity index (χ0v) is 10.6. The van der Waals surface area contributed by atoms with E-state index < -0.39 is 0 Å². The van der Waals surface area contributed by atoms with Crippen LogP contribution < -0.4 is 11.1 Å². The van der Waals surface area contributed by atoms with Gasteiger partial charge in [0.2, 0.25) is 5.91 Å². The van der Waals surface area contributed by atoms with Crippen LogP contribution in [-0.4, -0.2) is 24.0 Å². The number of nitrogens with one attached hydrogen (secondary N) is 1. The molecule has 17 heavy (non-hydrogen) atoms. The van der Waals surface area contributed by atoms with Crippen molar-refractivity contribution < 1.29 is 4.79 Å². The van der Waals surface area contributed by atoms with Crippen molar-refractivity contribution in [3.05, 3.63) is 29.6 Å². The van der Waals surface area contributed by atoms with Crippen LogP contribution in [0.5, 0.6) is 0 Å². The third-order valence-corrected chi connectivity index (χ3v) is 2.66. The molecule has 0 spiro atoms. The molecule has 0 fully saturated rings. The topological polar surface area (TPSA) is 68.0 Å². The number of carbonyl (C=O) groups is 1. The van der Waals surface area contributed by atoms with E-state index in [1.165, 1.54) is 0 Å². The van der Waals surface area contributed by atoms with E-state index in [1.54, 1.807) is 0 Å². The van der Waals surface area contributed by atoms with E-state index in [4.69, 9.17) is 5.73 Å². The predicted octanol–water partition coefficient (Wildman–Crippen LogP) is 1.03. The fourth-order valence-electron chi connectivity index (χ4n) is 1.58. The largest absolute Gasteiger partial charge is 0.356 e. The molecular formula is C13H21N3O. The molecule has 3 N–H and O–H groups in total. The van der Waals surface area contributed by atoms with Crippen molar-refractivity contribution in [3.8, 4) is 0 Å². The fraction of sp³-hybridized carbons (Fsp3) is 0.538. The minimum atomic E-state index is -0.161. The number of nitrogens with zero attached hydrogens (tertiary/aromatic N) is 1. The van der Waals surface area contributed by atoms with E-state index in [0.29, 0.717) is 19.5 Å². The Balaban J connectivity index is 2.57. The molecule has 0 aromatic carbocycles. The van der Waals surface area contributed by atoms with Gasteiger partial charge in [-0.2, -0.15) is 0 Å². The highest BCUT2D eigenvalue weighted by atomic mass is 16.1. The summed E-state index contributed by atoms with van der Waals surface area (Å²) < 4.78 is 0. The summed E-state index contributed by atoms with van der Waals surface area (Å²) >= 11 is 0. The maximum Gasteiger partial charge on any atom is 0.224 e. The molecule has 94 valence electrons. The number of hydrogen-bond donors (Lipinski definition) is 2. The Morgan fingerprint density at radius 1 is 1.53 bits per heavy atom. The first-order valence-corrected chi connectivity index (χ1v) is 6.06. The van der Waals surface area contributed by atoms with Crippen LogP contribution in [0.4, 0.5) is 0 Å². The second-order valence-electron chi connectivity index (χ2n) is 4.24. The second kappa shape index (κ2) is 7.01. The van der Waals surface area contributed by atoms with Crippen LogP contribution in [0.2, 0.25) is 0 Å². The predicted molar refractivity (Wildman–Crippen MR) is 68.5 cm³/mol. The van der Waals surface area contributed by atoms with Crippen molar-refractivity contribution in [2.45, 2.75) is 26.7 Å². The second-order valence-corrected chi connectivity index (χ2v) is 4.24. The minimum Gasteiger partial charge on any atom is -0.356 e. The molecule has 1 unspecified atom stereocenters. The van der Waals surface area contributed by atoms with Gasteiger partial charge in [-0.15, -0.1) is 0 Å². The third kappa shape index (κ3) is 4.53. The standard InChI is InChI=1S/C13H21N3O/c1-3-6-15-13(17)12(8-14)7-11-5-4-10(2)16-9-11/h4-5,9,12H,3,6-8,14H2,1-2H3,(H,15,17). The molecule has 0 aliphatic heterocycles. The number of rotatable bonds is 6. The van der Waals surface area contributed by atoms with Crippen molar-refractivity contribution in [1.29, 1.82) is 0 Å². The maximum absolute atomic E-state index is 11.8. The van der Waals surface area contributed by atoms with Crippen LogP contribution in [0.15, 0.2) is 18.3 Å². The number of carbonyl (C=O) groups excluding carboxylic acids is 1. The van der Waals surface area contributed by atoms with Gasteiger partial charge in [0, 0.05) is 25.0 Å². The van der Waals surface area contributed by atoms with E-state index in [-0.39, 0.29) is 11.8 Å².